The second kappa shape index (κ2) is 23.1. The first-order valence-electron chi connectivity index (χ1n) is 14.8. The lowest BCUT2D eigenvalue weighted by Gasteiger charge is -2.36. The van der Waals surface area contributed by atoms with Crippen LogP contribution in [0.5, 0.6) is 0 Å². The quantitative estimate of drug-likeness (QED) is 0.136. The molecule has 0 unspecified atom stereocenters. The molecule has 0 rings (SSSR count). The number of hydrogen-bond donors (Lipinski definition) is 0. The third kappa shape index (κ3) is 22.9. The van der Waals surface area contributed by atoms with E-state index in [-0.39, 0.29) is 0 Å². The van der Waals surface area contributed by atoms with Crippen molar-refractivity contribution in [1.29, 1.82) is 0 Å². The van der Waals surface area contributed by atoms with Crippen molar-refractivity contribution in [2.45, 2.75) is 181 Å². The van der Waals surface area contributed by atoms with Crippen LogP contribution in [0.4, 0.5) is 0 Å². The maximum Gasteiger partial charge on any atom is 0.0125 e. The minimum absolute atomic E-state index is 0.330. The molecular formula is C30H63N. The van der Waals surface area contributed by atoms with Crippen molar-refractivity contribution in [3.8, 4) is 0 Å². The lowest BCUT2D eigenvalue weighted by Crippen LogP contribution is -2.42. The molecule has 0 saturated heterocycles. The van der Waals surface area contributed by atoms with Crippen molar-refractivity contribution in [2.24, 2.45) is 0 Å². The van der Waals surface area contributed by atoms with Crippen molar-refractivity contribution < 1.29 is 0 Å². The van der Waals surface area contributed by atoms with Crippen LogP contribution >= 0.6 is 0 Å². The maximum atomic E-state index is 2.76. The summed E-state index contributed by atoms with van der Waals surface area (Å²) in [5.74, 6) is 0. The van der Waals surface area contributed by atoms with Gasteiger partial charge in [0.2, 0.25) is 0 Å². The lowest BCUT2D eigenvalue weighted by atomic mass is 10.0. The minimum Gasteiger partial charge on any atom is -0.298 e. The highest BCUT2D eigenvalue weighted by Crippen LogP contribution is 2.18. The Morgan fingerprint density at radius 1 is 0.355 bits per heavy atom. The van der Waals surface area contributed by atoms with Crippen molar-refractivity contribution >= 4 is 0 Å². The number of unbranched alkanes of at least 4 members (excludes halogenated alkanes) is 20. The summed E-state index contributed by atoms with van der Waals surface area (Å²) in [6.45, 7) is 14.4. The molecule has 0 amide bonds. The summed E-state index contributed by atoms with van der Waals surface area (Å²) in [6, 6.07) is 0. The first-order chi connectivity index (χ1) is 15.0. The van der Waals surface area contributed by atoms with Gasteiger partial charge in [0.05, 0.1) is 0 Å². The van der Waals surface area contributed by atoms with E-state index in [9.17, 15) is 0 Å². The molecule has 0 saturated carbocycles. The van der Waals surface area contributed by atoms with Gasteiger partial charge in [0.1, 0.15) is 0 Å². The Kier molecular flexibility index (Phi) is 23.1. The SMILES string of the molecule is CCCCCCCCCCCCCN(CCCCCCCCCCCCC)C(C)(C)C. The summed E-state index contributed by atoms with van der Waals surface area (Å²) in [5, 5.41) is 0. The van der Waals surface area contributed by atoms with Crippen molar-refractivity contribution in [3.63, 3.8) is 0 Å². The standard InChI is InChI=1S/C30H63N/c1-6-8-10-12-14-16-18-20-22-24-26-28-31(30(3,4)5)29-27-25-23-21-19-17-15-13-11-9-7-2/h6-29H2,1-5H3. The van der Waals surface area contributed by atoms with E-state index in [1.807, 2.05) is 0 Å². The number of hydrogen-bond acceptors (Lipinski definition) is 1. The van der Waals surface area contributed by atoms with E-state index >= 15 is 0 Å². The van der Waals surface area contributed by atoms with Gasteiger partial charge in [-0.05, 0) is 46.7 Å². The molecule has 0 spiro atoms. The summed E-state index contributed by atoms with van der Waals surface area (Å²) in [5.41, 5.74) is 0.330. The molecule has 0 bridgehead atoms. The van der Waals surface area contributed by atoms with E-state index in [2.05, 4.69) is 39.5 Å². The van der Waals surface area contributed by atoms with E-state index in [1.54, 1.807) is 0 Å². The van der Waals surface area contributed by atoms with Gasteiger partial charge in [0.25, 0.3) is 0 Å². The molecule has 0 aliphatic rings. The molecule has 0 fully saturated rings. The van der Waals surface area contributed by atoms with Gasteiger partial charge in [-0.25, -0.2) is 0 Å². The zero-order chi connectivity index (χ0) is 23.0. The first kappa shape index (κ1) is 31.0. The number of rotatable bonds is 24. The summed E-state index contributed by atoms with van der Waals surface area (Å²) >= 11 is 0. The summed E-state index contributed by atoms with van der Waals surface area (Å²) in [4.78, 5) is 2.76. The molecule has 1 nitrogen and oxygen atoms in total. The highest BCUT2D eigenvalue weighted by atomic mass is 15.2. The predicted octanol–water partition coefficient (Wildman–Crippen LogP) is 10.7. The fourth-order valence-electron chi connectivity index (χ4n) is 4.72. The van der Waals surface area contributed by atoms with Crippen LogP contribution in [0.15, 0.2) is 0 Å². The zero-order valence-corrected chi connectivity index (χ0v) is 22.9. The second-order valence-corrected chi connectivity index (χ2v) is 11.2. The Morgan fingerprint density at radius 2 is 0.581 bits per heavy atom. The lowest BCUT2D eigenvalue weighted by molar-refractivity contribution is 0.130. The van der Waals surface area contributed by atoms with Crippen LogP contribution < -0.4 is 0 Å². The van der Waals surface area contributed by atoms with Crippen LogP contribution in [0.2, 0.25) is 0 Å². The average Bonchev–Trinajstić information content (AvgIpc) is 2.73. The van der Waals surface area contributed by atoms with Crippen molar-refractivity contribution in [3.05, 3.63) is 0 Å². The van der Waals surface area contributed by atoms with Crippen LogP contribution in [-0.2, 0) is 0 Å². The molecule has 0 N–H and O–H groups in total. The van der Waals surface area contributed by atoms with Crippen molar-refractivity contribution in [1.82, 2.24) is 4.90 Å². The van der Waals surface area contributed by atoms with Crippen LogP contribution in [0.3, 0.4) is 0 Å². The molecule has 0 aliphatic heterocycles. The Morgan fingerprint density at radius 3 is 0.806 bits per heavy atom. The van der Waals surface area contributed by atoms with Crippen LogP contribution in [-0.4, -0.2) is 23.5 Å². The Balaban J connectivity index is 3.58. The second-order valence-electron chi connectivity index (χ2n) is 11.2. The Hall–Kier alpha value is -0.0400. The van der Waals surface area contributed by atoms with Crippen LogP contribution in [0, 0.1) is 0 Å². The van der Waals surface area contributed by atoms with Gasteiger partial charge >= 0.3 is 0 Å². The maximum absolute atomic E-state index is 2.76. The normalized spacial score (nSPS) is 12.2. The van der Waals surface area contributed by atoms with E-state index in [0.717, 1.165) is 0 Å². The molecule has 0 aromatic heterocycles. The third-order valence-corrected chi connectivity index (χ3v) is 7.01. The highest BCUT2D eigenvalue weighted by Gasteiger charge is 2.19. The summed E-state index contributed by atoms with van der Waals surface area (Å²) < 4.78 is 0. The zero-order valence-electron chi connectivity index (χ0n) is 22.9. The first-order valence-corrected chi connectivity index (χ1v) is 14.8. The van der Waals surface area contributed by atoms with Gasteiger partial charge < -0.3 is 0 Å². The molecule has 1 heteroatoms. The van der Waals surface area contributed by atoms with Crippen LogP contribution in [0.25, 0.3) is 0 Å². The molecule has 0 aliphatic carbocycles. The largest absolute Gasteiger partial charge is 0.298 e. The van der Waals surface area contributed by atoms with E-state index in [0.29, 0.717) is 5.54 Å². The fourth-order valence-corrected chi connectivity index (χ4v) is 4.72. The monoisotopic (exact) mass is 437 g/mol. The summed E-state index contributed by atoms with van der Waals surface area (Å²) in [6.07, 6.45) is 31.7. The Labute approximate surface area is 199 Å². The molecule has 0 aromatic carbocycles. The molecule has 188 valence electrons. The Bertz CT molecular complexity index is 304. The van der Waals surface area contributed by atoms with Crippen LogP contribution in [0.1, 0.15) is 176 Å². The van der Waals surface area contributed by atoms with Gasteiger partial charge in [-0.2, -0.15) is 0 Å². The van der Waals surface area contributed by atoms with Gasteiger partial charge in [-0.15, -0.1) is 0 Å². The molecule has 0 radical (unpaired) electrons. The number of nitrogens with zero attached hydrogens (tertiary/aromatic N) is 1. The van der Waals surface area contributed by atoms with E-state index in [1.165, 1.54) is 154 Å². The minimum atomic E-state index is 0.330. The highest BCUT2D eigenvalue weighted by molar-refractivity contribution is 4.76. The van der Waals surface area contributed by atoms with Gasteiger partial charge in [-0.3, -0.25) is 4.90 Å². The molecule has 0 aromatic rings. The van der Waals surface area contributed by atoms with Gasteiger partial charge in [0, 0.05) is 5.54 Å². The smallest absolute Gasteiger partial charge is 0.0125 e. The topological polar surface area (TPSA) is 3.24 Å². The molecule has 0 atom stereocenters. The summed E-state index contributed by atoms with van der Waals surface area (Å²) in [7, 11) is 0. The van der Waals surface area contributed by atoms with E-state index in [4.69, 9.17) is 0 Å². The molecule has 0 heterocycles. The van der Waals surface area contributed by atoms with Gasteiger partial charge in [0.15, 0.2) is 0 Å². The van der Waals surface area contributed by atoms with Crippen molar-refractivity contribution in [2.75, 3.05) is 13.1 Å². The fraction of sp³-hybridized carbons (Fsp3) is 1.00. The van der Waals surface area contributed by atoms with Gasteiger partial charge in [-0.1, -0.05) is 142 Å². The average molecular weight is 438 g/mol. The molecular weight excluding hydrogens is 374 g/mol. The van der Waals surface area contributed by atoms with E-state index < -0.39 is 0 Å². The third-order valence-electron chi connectivity index (χ3n) is 7.01. The molecule has 31 heavy (non-hydrogen) atoms. The predicted molar refractivity (Wildman–Crippen MR) is 144 cm³/mol.